The van der Waals surface area contributed by atoms with Gasteiger partial charge in [-0.2, -0.15) is 9.19 Å². The van der Waals surface area contributed by atoms with Crippen molar-refractivity contribution < 1.29 is 9.32 Å². The normalized spacial score (nSPS) is 14.4. The monoisotopic (exact) mass is 454 g/mol. The van der Waals surface area contributed by atoms with Crippen molar-refractivity contribution in [3.05, 3.63) is 42.7 Å². The molecule has 0 saturated heterocycles. The van der Waals surface area contributed by atoms with Crippen molar-refractivity contribution in [1.82, 2.24) is 33.7 Å². The molecule has 0 saturated carbocycles. The van der Waals surface area contributed by atoms with Gasteiger partial charge in [-0.1, -0.05) is 13.8 Å². The van der Waals surface area contributed by atoms with Crippen LogP contribution in [0, 0.1) is 0 Å². The lowest BCUT2D eigenvalue weighted by Crippen LogP contribution is -2.11. The van der Waals surface area contributed by atoms with Crippen LogP contribution in [0.3, 0.4) is 0 Å². The van der Waals surface area contributed by atoms with Crippen LogP contribution < -0.4 is 5.32 Å². The van der Waals surface area contributed by atoms with Gasteiger partial charge in [-0.3, -0.25) is 0 Å². The summed E-state index contributed by atoms with van der Waals surface area (Å²) in [6.45, 7) is 7.75. The smallest absolute Gasteiger partial charge is 0.164 e. The molecule has 3 atom stereocenters. The molecule has 11 heteroatoms. The molecule has 0 amide bonds. The molecule has 4 aromatic heterocycles. The highest BCUT2D eigenvalue weighted by Gasteiger charge is 2.19. The molecule has 0 spiro atoms. The highest BCUT2D eigenvalue weighted by molar-refractivity contribution is 7.83. The number of rotatable bonds is 8. The van der Waals surface area contributed by atoms with E-state index in [1.54, 1.807) is 37.8 Å². The number of anilines is 2. The van der Waals surface area contributed by atoms with Crippen molar-refractivity contribution in [3.8, 4) is 11.4 Å². The van der Waals surface area contributed by atoms with Crippen molar-refractivity contribution in [2.45, 2.75) is 46.3 Å². The third kappa shape index (κ3) is 4.26. The van der Waals surface area contributed by atoms with E-state index in [2.05, 4.69) is 48.8 Å². The van der Waals surface area contributed by atoms with Gasteiger partial charge >= 0.3 is 0 Å². The first-order valence-electron chi connectivity index (χ1n) is 10.5. The van der Waals surface area contributed by atoms with E-state index in [0.29, 0.717) is 34.6 Å². The molecule has 3 unspecified atom stereocenters. The Balaban J connectivity index is 1.66. The zero-order chi connectivity index (χ0) is 22.8. The summed E-state index contributed by atoms with van der Waals surface area (Å²) in [5.41, 5.74) is 2.30. The topological polar surface area (TPSA) is 124 Å². The van der Waals surface area contributed by atoms with Gasteiger partial charge in [0, 0.05) is 24.1 Å². The second-order valence-corrected chi connectivity index (χ2v) is 9.06. The Kier molecular flexibility index (Phi) is 6.28. The number of nitrogens with one attached hydrogen (secondary N) is 1. The standard InChI is InChI=1S/C21H26N8O2S/c1-5-13(3)29-17-9-19(23-11-16(17)25-21(29)14(4)30)26-18-7-8-22-20(27-18)15-10-24-28(12-15)32(31)6-2/h7-14,30H,5-6H2,1-4H3,(H,22,23,26,27). The summed E-state index contributed by atoms with van der Waals surface area (Å²) in [5, 5.41) is 17.5. The molecule has 10 nitrogen and oxygen atoms in total. The molecule has 4 heterocycles. The molecular formula is C21H26N8O2S. The van der Waals surface area contributed by atoms with Gasteiger partial charge in [0.15, 0.2) is 5.82 Å². The maximum atomic E-state index is 11.9. The fraction of sp³-hybridized carbons (Fsp3) is 0.381. The molecule has 32 heavy (non-hydrogen) atoms. The number of fused-ring (bicyclic) bond motifs is 1. The predicted molar refractivity (Wildman–Crippen MR) is 124 cm³/mol. The maximum absolute atomic E-state index is 11.9. The van der Waals surface area contributed by atoms with Crippen LogP contribution in [0.5, 0.6) is 0 Å². The van der Waals surface area contributed by atoms with E-state index < -0.39 is 17.1 Å². The lowest BCUT2D eigenvalue weighted by Gasteiger charge is -2.17. The summed E-state index contributed by atoms with van der Waals surface area (Å²) < 4.78 is 15.4. The Morgan fingerprint density at radius 2 is 1.97 bits per heavy atom. The molecule has 4 rings (SSSR count). The van der Waals surface area contributed by atoms with E-state index in [0.717, 1.165) is 17.5 Å². The summed E-state index contributed by atoms with van der Waals surface area (Å²) in [6, 6.07) is 3.83. The van der Waals surface area contributed by atoms with Gasteiger partial charge in [-0.25, -0.2) is 24.1 Å². The Morgan fingerprint density at radius 1 is 1.16 bits per heavy atom. The van der Waals surface area contributed by atoms with E-state index in [1.807, 2.05) is 13.0 Å². The quantitative estimate of drug-likeness (QED) is 0.415. The van der Waals surface area contributed by atoms with E-state index >= 15 is 0 Å². The highest BCUT2D eigenvalue weighted by atomic mass is 32.2. The minimum Gasteiger partial charge on any atom is -0.385 e. The Bertz CT molecular complexity index is 1270. The minimum atomic E-state index is -1.20. The van der Waals surface area contributed by atoms with Crippen molar-refractivity contribution in [2.24, 2.45) is 0 Å². The van der Waals surface area contributed by atoms with Gasteiger partial charge in [0.2, 0.25) is 0 Å². The Hall–Kier alpha value is -3.18. The van der Waals surface area contributed by atoms with Gasteiger partial charge in [0.25, 0.3) is 0 Å². The first kappa shape index (κ1) is 22.0. The van der Waals surface area contributed by atoms with Crippen molar-refractivity contribution in [3.63, 3.8) is 0 Å². The van der Waals surface area contributed by atoms with E-state index in [9.17, 15) is 9.32 Å². The van der Waals surface area contributed by atoms with Gasteiger partial charge in [0.05, 0.1) is 29.7 Å². The van der Waals surface area contributed by atoms with Gasteiger partial charge in [-0.05, 0) is 26.3 Å². The minimum absolute atomic E-state index is 0.177. The van der Waals surface area contributed by atoms with Gasteiger partial charge < -0.3 is 15.0 Å². The van der Waals surface area contributed by atoms with Crippen LogP contribution in [0.1, 0.15) is 52.1 Å². The number of aliphatic hydroxyl groups excluding tert-OH is 1. The summed E-state index contributed by atoms with van der Waals surface area (Å²) >= 11 is 0. The average Bonchev–Trinajstić information content (AvgIpc) is 3.43. The molecule has 0 aliphatic rings. The molecule has 0 fully saturated rings. The number of aromatic nitrogens is 7. The summed E-state index contributed by atoms with van der Waals surface area (Å²) in [4.78, 5) is 17.9. The van der Waals surface area contributed by atoms with Crippen LogP contribution in [-0.2, 0) is 11.0 Å². The molecule has 2 N–H and O–H groups in total. The predicted octanol–water partition coefficient (Wildman–Crippen LogP) is 3.38. The van der Waals surface area contributed by atoms with E-state index in [1.165, 1.54) is 4.09 Å². The zero-order valence-corrected chi connectivity index (χ0v) is 19.2. The van der Waals surface area contributed by atoms with Gasteiger partial charge in [0.1, 0.15) is 40.1 Å². The molecule has 4 aromatic rings. The Morgan fingerprint density at radius 3 is 2.69 bits per heavy atom. The number of nitrogens with zero attached hydrogens (tertiary/aromatic N) is 7. The van der Waals surface area contributed by atoms with Crippen LogP contribution in [-0.4, -0.2) is 48.8 Å². The summed E-state index contributed by atoms with van der Waals surface area (Å²) in [6.07, 6.45) is 6.83. The number of imidazole rings is 1. The van der Waals surface area contributed by atoms with Crippen LogP contribution in [0.2, 0.25) is 0 Å². The second kappa shape index (κ2) is 9.13. The van der Waals surface area contributed by atoms with Crippen molar-refractivity contribution >= 4 is 33.7 Å². The first-order valence-corrected chi connectivity index (χ1v) is 11.8. The van der Waals surface area contributed by atoms with Gasteiger partial charge in [-0.15, -0.1) is 0 Å². The molecule has 168 valence electrons. The number of aliphatic hydroxyl groups is 1. The number of hydrogen-bond acceptors (Lipinski definition) is 8. The Labute approximate surface area is 188 Å². The third-order valence-corrected chi connectivity index (χ3v) is 6.30. The molecule has 0 aromatic carbocycles. The lowest BCUT2D eigenvalue weighted by molar-refractivity contribution is 0.182. The first-order chi connectivity index (χ1) is 15.4. The lowest BCUT2D eigenvalue weighted by atomic mass is 10.2. The third-order valence-electron chi connectivity index (χ3n) is 5.19. The highest BCUT2D eigenvalue weighted by Crippen LogP contribution is 2.28. The molecule has 0 aliphatic carbocycles. The molecule has 0 radical (unpaired) electrons. The molecular weight excluding hydrogens is 428 g/mol. The van der Waals surface area contributed by atoms with Crippen LogP contribution >= 0.6 is 0 Å². The van der Waals surface area contributed by atoms with Crippen LogP contribution in [0.4, 0.5) is 11.6 Å². The molecule has 0 bridgehead atoms. The number of hydrogen-bond donors (Lipinski definition) is 2. The fourth-order valence-corrected chi connectivity index (χ4v) is 4.04. The van der Waals surface area contributed by atoms with E-state index in [-0.39, 0.29) is 6.04 Å². The SMILES string of the molecule is CCC(C)n1c(C(C)O)nc2cnc(Nc3ccnc(-c4cnn(S(=O)CC)c4)n3)cc21. The summed E-state index contributed by atoms with van der Waals surface area (Å²) in [7, 11) is -1.20. The van der Waals surface area contributed by atoms with Crippen molar-refractivity contribution in [1.29, 1.82) is 0 Å². The largest absolute Gasteiger partial charge is 0.385 e. The molecule has 0 aliphatic heterocycles. The van der Waals surface area contributed by atoms with E-state index in [4.69, 9.17) is 0 Å². The van der Waals surface area contributed by atoms with Crippen LogP contribution in [0.25, 0.3) is 22.4 Å². The fourth-order valence-electron chi connectivity index (χ4n) is 3.39. The average molecular weight is 455 g/mol. The second-order valence-electron chi connectivity index (χ2n) is 7.46. The zero-order valence-electron chi connectivity index (χ0n) is 18.4. The number of pyridine rings is 1. The maximum Gasteiger partial charge on any atom is 0.164 e. The summed E-state index contributed by atoms with van der Waals surface area (Å²) in [5.74, 6) is 2.74. The van der Waals surface area contributed by atoms with Crippen LogP contribution in [0.15, 0.2) is 36.9 Å². The van der Waals surface area contributed by atoms with Crippen molar-refractivity contribution in [2.75, 3.05) is 11.1 Å².